The second-order valence-electron chi connectivity index (χ2n) is 5.21. The fourth-order valence-corrected chi connectivity index (χ4v) is 2.08. The Balaban J connectivity index is 1.77. The lowest BCUT2D eigenvalue weighted by Gasteiger charge is -2.09. The summed E-state index contributed by atoms with van der Waals surface area (Å²) in [7, 11) is 0. The molecule has 0 spiro atoms. The van der Waals surface area contributed by atoms with Gasteiger partial charge >= 0.3 is 0 Å². The van der Waals surface area contributed by atoms with E-state index in [-0.39, 0.29) is 17.4 Å². The van der Waals surface area contributed by atoms with E-state index in [0.29, 0.717) is 17.2 Å². The first-order valence-corrected chi connectivity index (χ1v) is 7.47. The molecule has 0 aliphatic heterocycles. The van der Waals surface area contributed by atoms with Crippen LogP contribution in [0, 0.1) is 6.92 Å². The number of hydrogen-bond donors (Lipinski definition) is 0. The van der Waals surface area contributed by atoms with Crippen molar-refractivity contribution in [3.8, 4) is 23.1 Å². The molecular weight excluding hydrogens is 304 g/mol. The molecule has 0 saturated heterocycles. The number of Topliss-reactive ketones (excluding diaryl/α,β-unsaturated/α-hetero) is 1. The average Bonchev–Trinajstić information content (AvgIpc) is 2.57. The van der Waals surface area contributed by atoms with Crippen LogP contribution in [0.2, 0.25) is 0 Å². The monoisotopic (exact) mass is 320 g/mol. The van der Waals surface area contributed by atoms with Crippen molar-refractivity contribution in [3.05, 3.63) is 72.2 Å². The van der Waals surface area contributed by atoms with Gasteiger partial charge in [-0.1, -0.05) is 18.2 Å². The molecule has 5 nitrogen and oxygen atoms in total. The summed E-state index contributed by atoms with van der Waals surface area (Å²) in [5.41, 5.74) is 0.893. The van der Waals surface area contributed by atoms with E-state index in [9.17, 15) is 4.79 Å². The Morgan fingerprint density at radius 2 is 1.46 bits per heavy atom. The molecular formula is C19H16N2O3. The quantitative estimate of drug-likeness (QED) is 0.644. The fraction of sp³-hybridized carbons (Fsp3) is 0.105. The summed E-state index contributed by atoms with van der Waals surface area (Å²) in [4.78, 5) is 20.0. The maximum absolute atomic E-state index is 11.6. The van der Waals surface area contributed by atoms with Gasteiger partial charge in [0.05, 0.1) is 5.69 Å². The van der Waals surface area contributed by atoms with Gasteiger partial charge in [-0.15, -0.1) is 0 Å². The van der Waals surface area contributed by atoms with Crippen LogP contribution in [-0.2, 0) is 0 Å². The number of ketones is 1. The number of benzene rings is 2. The van der Waals surface area contributed by atoms with Crippen LogP contribution in [0.25, 0.3) is 0 Å². The van der Waals surface area contributed by atoms with Gasteiger partial charge in [-0.2, -0.15) is 0 Å². The summed E-state index contributed by atoms with van der Waals surface area (Å²) in [6, 6.07) is 16.6. The zero-order valence-electron chi connectivity index (χ0n) is 13.4. The van der Waals surface area contributed by atoms with E-state index in [2.05, 4.69) is 9.97 Å². The Labute approximate surface area is 139 Å². The molecule has 0 aliphatic carbocycles. The largest absolute Gasteiger partial charge is 0.457 e. The molecule has 0 aliphatic rings. The average molecular weight is 320 g/mol. The van der Waals surface area contributed by atoms with Gasteiger partial charge < -0.3 is 9.47 Å². The Hall–Kier alpha value is -3.21. The molecule has 0 saturated carbocycles. The molecule has 1 aromatic heterocycles. The minimum absolute atomic E-state index is 0.193. The Morgan fingerprint density at radius 3 is 2.08 bits per heavy atom. The standard InChI is InChI=1S/C19H16N2O3/c1-13-12-20-18(14(2)22)19(21-13)24-17-10-8-16(9-11-17)23-15-6-4-3-5-7-15/h3-12H,1-2H3. The minimum atomic E-state index is -0.193. The molecule has 24 heavy (non-hydrogen) atoms. The maximum Gasteiger partial charge on any atom is 0.249 e. The van der Waals surface area contributed by atoms with Crippen LogP contribution in [0.15, 0.2) is 60.8 Å². The van der Waals surface area contributed by atoms with Crippen molar-refractivity contribution >= 4 is 5.78 Å². The normalized spacial score (nSPS) is 10.2. The number of carbonyl (C=O) groups excluding carboxylic acids is 1. The molecule has 0 N–H and O–H groups in total. The lowest BCUT2D eigenvalue weighted by atomic mass is 10.3. The molecule has 0 bridgehead atoms. The second kappa shape index (κ2) is 6.91. The van der Waals surface area contributed by atoms with Crippen LogP contribution in [0.5, 0.6) is 23.1 Å². The molecule has 3 rings (SSSR count). The highest BCUT2D eigenvalue weighted by molar-refractivity contribution is 5.94. The van der Waals surface area contributed by atoms with E-state index in [1.807, 2.05) is 30.3 Å². The number of rotatable bonds is 5. The van der Waals surface area contributed by atoms with E-state index in [4.69, 9.17) is 9.47 Å². The molecule has 0 radical (unpaired) electrons. The van der Waals surface area contributed by atoms with E-state index in [1.54, 1.807) is 37.4 Å². The van der Waals surface area contributed by atoms with Crippen molar-refractivity contribution in [1.82, 2.24) is 9.97 Å². The fourth-order valence-electron chi connectivity index (χ4n) is 2.08. The van der Waals surface area contributed by atoms with Crippen molar-refractivity contribution in [2.45, 2.75) is 13.8 Å². The van der Waals surface area contributed by atoms with Crippen LogP contribution in [0.4, 0.5) is 0 Å². The third kappa shape index (κ3) is 3.76. The molecule has 0 amide bonds. The van der Waals surface area contributed by atoms with E-state index in [0.717, 1.165) is 5.75 Å². The summed E-state index contributed by atoms with van der Waals surface area (Å²) in [6.07, 6.45) is 1.54. The van der Waals surface area contributed by atoms with Gasteiger partial charge in [-0.25, -0.2) is 9.97 Å². The van der Waals surface area contributed by atoms with Gasteiger partial charge in [0, 0.05) is 13.1 Å². The number of carbonyl (C=O) groups is 1. The zero-order valence-corrected chi connectivity index (χ0v) is 13.4. The summed E-state index contributed by atoms with van der Waals surface area (Å²) in [5, 5.41) is 0. The van der Waals surface area contributed by atoms with Crippen LogP contribution >= 0.6 is 0 Å². The van der Waals surface area contributed by atoms with Crippen LogP contribution < -0.4 is 9.47 Å². The Kier molecular flexibility index (Phi) is 4.52. The third-order valence-corrected chi connectivity index (χ3v) is 3.21. The molecule has 5 heteroatoms. The van der Waals surface area contributed by atoms with E-state index < -0.39 is 0 Å². The number of aryl methyl sites for hydroxylation is 1. The molecule has 3 aromatic rings. The van der Waals surface area contributed by atoms with Gasteiger partial charge in [0.2, 0.25) is 5.88 Å². The van der Waals surface area contributed by atoms with Crippen LogP contribution in [0.3, 0.4) is 0 Å². The van der Waals surface area contributed by atoms with Crippen LogP contribution in [-0.4, -0.2) is 15.8 Å². The molecule has 0 unspecified atom stereocenters. The number of ether oxygens (including phenoxy) is 2. The van der Waals surface area contributed by atoms with E-state index >= 15 is 0 Å². The first-order chi connectivity index (χ1) is 11.6. The van der Waals surface area contributed by atoms with E-state index in [1.165, 1.54) is 6.92 Å². The van der Waals surface area contributed by atoms with Gasteiger partial charge in [0.15, 0.2) is 11.5 Å². The molecule has 2 aromatic carbocycles. The predicted molar refractivity (Wildman–Crippen MR) is 89.8 cm³/mol. The Morgan fingerprint density at radius 1 is 0.875 bits per heavy atom. The van der Waals surface area contributed by atoms with Crippen molar-refractivity contribution < 1.29 is 14.3 Å². The summed E-state index contributed by atoms with van der Waals surface area (Å²) >= 11 is 0. The topological polar surface area (TPSA) is 61.3 Å². The summed E-state index contributed by atoms with van der Waals surface area (Å²) in [6.45, 7) is 3.23. The molecule has 0 fully saturated rings. The first-order valence-electron chi connectivity index (χ1n) is 7.47. The van der Waals surface area contributed by atoms with Gasteiger partial charge in [-0.3, -0.25) is 4.79 Å². The summed E-state index contributed by atoms with van der Waals surface area (Å²) in [5.74, 6) is 2.02. The number of para-hydroxylation sites is 1. The smallest absolute Gasteiger partial charge is 0.249 e. The Bertz CT molecular complexity index is 846. The lowest BCUT2D eigenvalue weighted by molar-refractivity contribution is 0.101. The van der Waals surface area contributed by atoms with Gasteiger partial charge in [0.25, 0.3) is 0 Å². The first kappa shape index (κ1) is 15.7. The number of aromatic nitrogens is 2. The van der Waals surface area contributed by atoms with Crippen LogP contribution in [0.1, 0.15) is 23.1 Å². The van der Waals surface area contributed by atoms with Crippen molar-refractivity contribution in [2.75, 3.05) is 0 Å². The SMILES string of the molecule is CC(=O)c1ncc(C)nc1Oc1ccc(Oc2ccccc2)cc1. The van der Waals surface area contributed by atoms with Gasteiger partial charge in [0.1, 0.15) is 17.2 Å². The summed E-state index contributed by atoms with van der Waals surface area (Å²) < 4.78 is 11.4. The van der Waals surface area contributed by atoms with Crippen molar-refractivity contribution in [2.24, 2.45) is 0 Å². The zero-order chi connectivity index (χ0) is 16.9. The number of hydrogen-bond acceptors (Lipinski definition) is 5. The maximum atomic E-state index is 11.6. The number of nitrogens with zero attached hydrogens (tertiary/aromatic N) is 2. The molecule has 120 valence electrons. The van der Waals surface area contributed by atoms with Gasteiger partial charge in [-0.05, 0) is 43.3 Å². The predicted octanol–water partition coefficient (Wildman–Crippen LogP) is 4.57. The lowest BCUT2D eigenvalue weighted by Crippen LogP contribution is -2.03. The molecule has 0 atom stereocenters. The van der Waals surface area contributed by atoms with Crippen molar-refractivity contribution in [1.29, 1.82) is 0 Å². The minimum Gasteiger partial charge on any atom is -0.457 e. The van der Waals surface area contributed by atoms with Crippen molar-refractivity contribution in [3.63, 3.8) is 0 Å². The highest BCUT2D eigenvalue weighted by atomic mass is 16.5. The molecule has 1 heterocycles. The highest BCUT2D eigenvalue weighted by Gasteiger charge is 2.13. The highest BCUT2D eigenvalue weighted by Crippen LogP contribution is 2.27. The third-order valence-electron chi connectivity index (χ3n) is 3.21. The second-order valence-corrected chi connectivity index (χ2v) is 5.21.